The Hall–Kier alpha value is -0.510. The van der Waals surface area contributed by atoms with E-state index in [9.17, 15) is 9.59 Å². The molecule has 0 aliphatic heterocycles. The van der Waals surface area contributed by atoms with Crippen LogP contribution >= 0.6 is 12.6 Å². The van der Waals surface area contributed by atoms with Crippen LogP contribution in [0.3, 0.4) is 0 Å². The topological polar surface area (TPSA) is 37.4 Å². The maximum atomic E-state index is 12.6. The van der Waals surface area contributed by atoms with Crippen molar-refractivity contribution in [2.75, 3.05) is 12.3 Å². The van der Waals surface area contributed by atoms with Crippen molar-refractivity contribution in [1.29, 1.82) is 0 Å². The zero-order valence-electron chi connectivity index (χ0n) is 23.1. The molecule has 0 aliphatic carbocycles. The molecule has 0 unspecified atom stereocenters. The van der Waals surface area contributed by atoms with Crippen molar-refractivity contribution in [1.82, 2.24) is 4.90 Å². The van der Waals surface area contributed by atoms with Crippen LogP contribution in [-0.4, -0.2) is 29.0 Å². The minimum Gasteiger partial charge on any atom is -0.282 e. The molecule has 0 aromatic heterocycles. The van der Waals surface area contributed by atoms with Gasteiger partial charge >= 0.3 is 0 Å². The van der Waals surface area contributed by atoms with Crippen LogP contribution in [0.1, 0.15) is 168 Å². The van der Waals surface area contributed by atoms with Gasteiger partial charge in [0.05, 0.1) is 0 Å². The van der Waals surface area contributed by atoms with Gasteiger partial charge in [-0.15, -0.1) is 0 Å². The van der Waals surface area contributed by atoms with Gasteiger partial charge in [-0.05, 0) is 12.8 Å². The summed E-state index contributed by atoms with van der Waals surface area (Å²) in [6.45, 7) is 4.98. The molecule has 0 spiro atoms. The van der Waals surface area contributed by atoms with E-state index in [0.717, 1.165) is 25.7 Å². The summed E-state index contributed by atoms with van der Waals surface area (Å²) in [5.74, 6) is 0.574. The molecular formula is C30H59NO2S. The molecule has 0 aliphatic rings. The third kappa shape index (κ3) is 22.0. The standard InChI is InChI=1S/C30H59NO2S/c1-3-5-7-9-11-13-15-17-19-21-23-25-29(32)31(27-28-34)30(33)26-24-22-20-18-16-14-12-10-8-6-4-2/h34H,3-28H2,1-2H3. The first-order chi connectivity index (χ1) is 16.7. The van der Waals surface area contributed by atoms with Crippen LogP contribution in [0, 0.1) is 0 Å². The summed E-state index contributed by atoms with van der Waals surface area (Å²) in [7, 11) is 0. The Labute approximate surface area is 219 Å². The number of hydrogen-bond acceptors (Lipinski definition) is 3. The number of thiol groups is 1. The average Bonchev–Trinajstić information content (AvgIpc) is 2.84. The van der Waals surface area contributed by atoms with Crippen LogP contribution in [0.5, 0.6) is 0 Å². The normalized spacial score (nSPS) is 11.1. The molecule has 2 amide bonds. The summed E-state index contributed by atoms with van der Waals surface area (Å²) in [5, 5.41) is 0. The molecule has 0 saturated heterocycles. The summed E-state index contributed by atoms with van der Waals surface area (Å²) in [6.07, 6.45) is 29.0. The lowest BCUT2D eigenvalue weighted by molar-refractivity contribution is -0.144. The molecule has 3 nitrogen and oxygen atoms in total. The number of amides is 2. The van der Waals surface area contributed by atoms with E-state index in [-0.39, 0.29) is 11.8 Å². The summed E-state index contributed by atoms with van der Waals surface area (Å²) >= 11 is 4.27. The lowest BCUT2D eigenvalue weighted by Gasteiger charge is -2.20. The second-order valence-corrected chi connectivity index (χ2v) is 10.7. The zero-order valence-corrected chi connectivity index (χ0v) is 24.0. The van der Waals surface area contributed by atoms with Gasteiger partial charge in [0.1, 0.15) is 0 Å². The van der Waals surface area contributed by atoms with Crippen molar-refractivity contribution < 1.29 is 9.59 Å². The first-order valence-corrected chi connectivity index (χ1v) is 15.7. The maximum Gasteiger partial charge on any atom is 0.229 e. The van der Waals surface area contributed by atoms with Crippen molar-refractivity contribution in [3.63, 3.8) is 0 Å². The predicted octanol–water partition coefficient (Wildman–Crippen LogP) is 9.67. The first kappa shape index (κ1) is 33.5. The lowest BCUT2D eigenvalue weighted by Crippen LogP contribution is -2.38. The van der Waals surface area contributed by atoms with E-state index in [2.05, 4.69) is 26.5 Å². The van der Waals surface area contributed by atoms with E-state index in [4.69, 9.17) is 0 Å². The van der Waals surface area contributed by atoms with Crippen LogP contribution in [-0.2, 0) is 9.59 Å². The molecule has 0 aromatic rings. The van der Waals surface area contributed by atoms with Crippen molar-refractivity contribution in [2.45, 2.75) is 168 Å². The van der Waals surface area contributed by atoms with E-state index >= 15 is 0 Å². The Balaban J connectivity index is 3.75. The van der Waals surface area contributed by atoms with Crippen LogP contribution < -0.4 is 0 Å². The summed E-state index contributed by atoms with van der Waals surface area (Å²) < 4.78 is 0. The minimum atomic E-state index is 0.0121. The average molecular weight is 498 g/mol. The zero-order chi connectivity index (χ0) is 25.1. The smallest absolute Gasteiger partial charge is 0.229 e. The van der Waals surface area contributed by atoms with Crippen LogP contribution in [0.25, 0.3) is 0 Å². The van der Waals surface area contributed by atoms with E-state index in [1.165, 1.54) is 120 Å². The minimum absolute atomic E-state index is 0.0121. The fourth-order valence-electron chi connectivity index (χ4n) is 4.64. The Morgan fingerprint density at radius 2 is 0.735 bits per heavy atom. The van der Waals surface area contributed by atoms with Crippen LogP contribution in [0.4, 0.5) is 0 Å². The monoisotopic (exact) mass is 497 g/mol. The number of unbranched alkanes of at least 4 members (excludes halogenated alkanes) is 20. The third-order valence-electron chi connectivity index (χ3n) is 6.91. The SMILES string of the molecule is CCCCCCCCCCCCCC(=O)N(CCS)C(=O)CCCCCCCCCCCCC. The number of hydrogen-bond donors (Lipinski definition) is 1. The number of nitrogens with zero attached hydrogens (tertiary/aromatic N) is 1. The highest BCUT2D eigenvalue weighted by Crippen LogP contribution is 2.15. The van der Waals surface area contributed by atoms with E-state index in [1.54, 1.807) is 0 Å². The summed E-state index contributed by atoms with van der Waals surface area (Å²) in [6, 6.07) is 0. The van der Waals surface area contributed by atoms with E-state index in [1.807, 2.05) is 0 Å². The highest BCUT2D eigenvalue weighted by molar-refractivity contribution is 7.80. The van der Waals surface area contributed by atoms with Gasteiger partial charge in [0, 0.05) is 25.1 Å². The van der Waals surface area contributed by atoms with Crippen molar-refractivity contribution in [2.24, 2.45) is 0 Å². The molecule has 0 rings (SSSR count). The molecule has 0 heterocycles. The van der Waals surface area contributed by atoms with Gasteiger partial charge in [-0.1, -0.05) is 142 Å². The van der Waals surface area contributed by atoms with Gasteiger partial charge in [-0.3, -0.25) is 14.5 Å². The fraction of sp³-hybridized carbons (Fsp3) is 0.933. The third-order valence-corrected chi connectivity index (χ3v) is 7.11. The molecular weight excluding hydrogens is 438 g/mol. The van der Waals surface area contributed by atoms with Crippen LogP contribution in [0.2, 0.25) is 0 Å². The fourth-order valence-corrected chi connectivity index (χ4v) is 4.84. The second kappa shape index (κ2) is 27.1. The number of carbonyl (C=O) groups is 2. The Morgan fingerprint density at radius 3 is 1.00 bits per heavy atom. The van der Waals surface area contributed by atoms with E-state index in [0.29, 0.717) is 25.1 Å². The van der Waals surface area contributed by atoms with Crippen molar-refractivity contribution in [3.8, 4) is 0 Å². The maximum absolute atomic E-state index is 12.6. The van der Waals surface area contributed by atoms with Gasteiger partial charge < -0.3 is 0 Å². The predicted molar refractivity (Wildman–Crippen MR) is 153 cm³/mol. The van der Waals surface area contributed by atoms with Crippen LogP contribution in [0.15, 0.2) is 0 Å². The molecule has 202 valence electrons. The molecule has 0 bridgehead atoms. The lowest BCUT2D eigenvalue weighted by atomic mass is 10.0. The molecule has 0 aromatic carbocycles. The van der Waals surface area contributed by atoms with Crippen molar-refractivity contribution >= 4 is 24.4 Å². The Bertz CT molecular complexity index is 417. The highest BCUT2D eigenvalue weighted by Gasteiger charge is 2.19. The summed E-state index contributed by atoms with van der Waals surface area (Å²) in [5.41, 5.74) is 0. The quantitative estimate of drug-likeness (QED) is 0.0953. The largest absolute Gasteiger partial charge is 0.282 e. The summed E-state index contributed by atoms with van der Waals surface area (Å²) in [4.78, 5) is 26.7. The number of carbonyl (C=O) groups excluding carboxylic acids is 2. The van der Waals surface area contributed by atoms with Gasteiger partial charge in [0.25, 0.3) is 0 Å². The van der Waals surface area contributed by atoms with E-state index < -0.39 is 0 Å². The molecule has 0 N–H and O–H groups in total. The molecule has 34 heavy (non-hydrogen) atoms. The second-order valence-electron chi connectivity index (χ2n) is 10.2. The Morgan fingerprint density at radius 1 is 0.471 bits per heavy atom. The number of imide groups is 1. The number of rotatable bonds is 26. The van der Waals surface area contributed by atoms with Gasteiger partial charge in [0.15, 0.2) is 0 Å². The first-order valence-electron chi connectivity index (χ1n) is 15.1. The molecule has 0 atom stereocenters. The van der Waals surface area contributed by atoms with Crippen molar-refractivity contribution in [3.05, 3.63) is 0 Å². The Kier molecular flexibility index (Phi) is 26.7. The molecule has 0 saturated carbocycles. The molecule has 0 radical (unpaired) electrons. The molecule has 0 fully saturated rings. The van der Waals surface area contributed by atoms with Gasteiger partial charge in [-0.2, -0.15) is 12.6 Å². The van der Waals surface area contributed by atoms with Gasteiger partial charge in [-0.25, -0.2) is 0 Å². The van der Waals surface area contributed by atoms with Gasteiger partial charge in [0.2, 0.25) is 11.8 Å². The highest BCUT2D eigenvalue weighted by atomic mass is 32.1. The molecule has 4 heteroatoms.